The van der Waals surface area contributed by atoms with Crippen LogP contribution in [0.4, 0.5) is 10.5 Å². The standard InChI is InChI=1S/C15H12Cl2N2O4/c1-2-22-15(21)18-9-3-5-10(6-4-9)23-14(20)13-11(16)7-8-12(17)19-13/h3-8H,2H2,1H3,(H,18,21). The second-order valence-corrected chi connectivity index (χ2v) is 5.02. The van der Waals surface area contributed by atoms with Crippen molar-refractivity contribution in [3.05, 3.63) is 52.3 Å². The Morgan fingerprint density at radius 1 is 1.13 bits per heavy atom. The van der Waals surface area contributed by atoms with E-state index in [0.29, 0.717) is 5.69 Å². The van der Waals surface area contributed by atoms with Crippen LogP contribution < -0.4 is 10.1 Å². The van der Waals surface area contributed by atoms with Gasteiger partial charge in [0.05, 0.1) is 11.6 Å². The number of hydrogen-bond acceptors (Lipinski definition) is 5. The summed E-state index contributed by atoms with van der Waals surface area (Å²) in [6.07, 6.45) is -0.563. The van der Waals surface area contributed by atoms with Crippen molar-refractivity contribution in [3.63, 3.8) is 0 Å². The third-order valence-electron chi connectivity index (χ3n) is 2.59. The molecule has 8 heteroatoms. The molecular formula is C15H12Cl2N2O4. The number of ether oxygens (including phenoxy) is 2. The monoisotopic (exact) mass is 354 g/mol. The predicted molar refractivity (Wildman–Crippen MR) is 86.3 cm³/mol. The summed E-state index contributed by atoms with van der Waals surface area (Å²) in [6, 6.07) is 9.07. The zero-order valence-electron chi connectivity index (χ0n) is 12.0. The molecule has 0 aliphatic heterocycles. The van der Waals surface area contributed by atoms with Gasteiger partial charge in [-0.25, -0.2) is 14.6 Å². The zero-order valence-corrected chi connectivity index (χ0v) is 13.5. The quantitative estimate of drug-likeness (QED) is 0.506. The van der Waals surface area contributed by atoms with E-state index in [0.717, 1.165) is 0 Å². The summed E-state index contributed by atoms with van der Waals surface area (Å²) in [5.74, 6) is -0.467. The Morgan fingerprint density at radius 2 is 1.83 bits per heavy atom. The lowest BCUT2D eigenvalue weighted by Gasteiger charge is -2.07. The molecule has 2 rings (SSSR count). The molecule has 1 aromatic heterocycles. The van der Waals surface area contributed by atoms with Gasteiger partial charge in [0.2, 0.25) is 0 Å². The van der Waals surface area contributed by atoms with Crippen molar-refractivity contribution in [1.82, 2.24) is 4.98 Å². The van der Waals surface area contributed by atoms with E-state index in [1.54, 1.807) is 19.1 Å². The van der Waals surface area contributed by atoms with E-state index in [9.17, 15) is 9.59 Å². The number of carbonyl (C=O) groups excluding carboxylic acids is 2. The summed E-state index contributed by atoms with van der Waals surface area (Å²) >= 11 is 11.6. The lowest BCUT2D eigenvalue weighted by Crippen LogP contribution is -2.13. The Hall–Kier alpha value is -2.31. The molecule has 0 fully saturated rings. The fourth-order valence-corrected chi connectivity index (χ4v) is 1.94. The fourth-order valence-electron chi connectivity index (χ4n) is 1.61. The van der Waals surface area contributed by atoms with Crippen LogP contribution in [0.3, 0.4) is 0 Å². The van der Waals surface area contributed by atoms with Gasteiger partial charge in [-0.3, -0.25) is 5.32 Å². The van der Waals surface area contributed by atoms with E-state index in [-0.39, 0.29) is 28.2 Å². The molecule has 0 spiro atoms. The molecule has 1 N–H and O–H groups in total. The summed E-state index contributed by atoms with van der Waals surface area (Å²) in [5.41, 5.74) is 0.426. The Bertz CT molecular complexity index is 720. The van der Waals surface area contributed by atoms with Crippen LogP contribution in [-0.2, 0) is 4.74 Å². The molecule has 120 valence electrons. The average Bonchev–Trinajstić information content (AvgIpc) is 2.52. The van der Waals surface area contributed by atoms with Crippen molar-refractivity contribution < 1.29 is 19.1 Å². The van der Waals surface area contributed by atoms with Gasteiger partial charge in [0.1, 0.15) is 10.9 Å². The number of amides is 1. The molecule has 0 atom stereocenters. The maximum atomic E-state index is 12.0. The molecule has 1 heterocycles. The number of halogens is 2. The van der Waals surface area contributed by atoms with E-state index in [2.05, 4.69) is 10.3 Å². The van der Waals surface area contributed by atoms with Crippen LogP contribution in [0.15, 0.2) is 36.4 Å². The predicted octanol–water partition coefficient (Wildman–Crippen LogP) is 4.18. The van der Waals surface area contributed by atoms with Crippen molar-refractivity contribution in [2.24, 2.45) is 0 Å². The molecule has 0 radical (unpaired) electrons. The highest BCUT2D eigenvalue weighted by molar-refractivity contribution is 6.34. The lowest BCUT2D eigenvalue weighted by molar-refractivity contribution is 0.0728. The number of hydrogen-bond donors (Lipinski definition) is 1. The van der Waals surface area contributed by atoms with E-state index >= 15 is 0 Å². The summed E-state index contributed by atoms with van der Waals surface area (Å²) in [4.78, 5) is 27.1. The first kappa shape index (κ1) is 17.1. The highest BCUT2D eigenvalue weighted by Gasteiger charge is 2.15. The molecule has 0 bridgehead atoms. The van der Waals surface area contributed by atoms with Gasteiger partial charge in [0.25, 0.3) is 0 Å². The number of rotatable bonds is 4. The number of nitrogens with one attached hydrogen (secondary N) is 1. The van der Waals surface area contributed by atoms with Gasteiger partial charge in [-0.15, -0.1) is 0 Å². The average molecular weight is 355 g/mol. The van der Waals surface area contributed by atoms with Crippen molar-refractivity contribution >= 4 is 41.0 Å². The first-order valence-corrected chi connectivity index (χ1v) is 7.33. The van der Waals surface area contributed by atoms with E-state index in [1.807, 2.05) is 0 Å². The minimum absolute atomic E-state index is 0.0760. The van der Waals surface area contributed by atoms with Gasteiger partial charge < -0.3 is 9.47 Å². The molecule has 0 saturated heterocycles. The molecule has 0 saturated carbocycles. The summed E-state index contributed by atoms with van der Waals surface area (Å²) in [7, 11) is 0. The Labute approximate surface area is 142 Å². The van der Waals surface area contributed by atoms with Crippen LogP contribution >= 0.6 is 23.2 Å². The van der Waals surface area contributed by atoms with Crippen LogP contribution in [0.25, 0.3) is 0 Å². The van der Waals surface area contributed by atoms with E-state index in [4.69, 9.17) is 32.7 Å². The molecule has 23 heavy (non-hydrogen) atoms. The minimum atomic E-state index is -0.733. The molecular weight excluding hydrogens is 343 g/mol. The summed E-state index contributed by atoms with van der Waals surface area (Å²) in [6.45, 7) is 1.98. The number of pyridine rings is 1. The summed E-state index contributed by atoms with van der Waals surface area (Å²) < 4.78 is 9.91. The Kier molecular flexibility index (Phi) is 5.78. The molecule has 0 aliphatic rings. The zero-order chi connectivity index (χ0) is 16.8. The largest absolute Gasteiger partial charge is 0.450 e. The maximum absolute atomic E-state index is 12.0. The van der Waals surface area contributed by atoms with Crippen molar-refractivity contribution in [2.45, 2.75) is 6.92 Å². The smallest absolute Gasteiger partial charge is 0.411 e. The number of esters is 1. The molecule has 6 nitrogen and oxygen atoms in total. The first-order chi connectivity index (χ1) is 11.0. The summed E-state index contributed by atoms with van der Waals surface area (Å²) in [5, 5.41) is 2.79. The van der Waals surface area contributed by atoms with Gasteiger partial charge in [-0.2, -0.15) is 0 Å². The lowest BCUT2D eigenvalue weighted by atomic mass is 10.3. The Morgan fingerprint density at radius 3 is 2.48 bits per heavy atom. The van der Waals surface area contributed by atoms with Gasteiger partial charge in [-0.05, 0) is 43.3 Å². The fraction of sp³-hybridized carbons (Fsp3) is 0.133. The van der Waals surface area contributed by atoms with Crippen LogP contribution in [0.2, 0.25) is 10.2 Å². The van der Waals surface area contributed by atoms with Crippen LogP contribution in [-0.4, -0.2) is 23.7 Å². The molecule has 1 amide bonds. The molecule has 0 aliphatic carbocycles. The van der Waals surface area contributed by atoms with E-state index in [1.165, 1.54) is 24.3 Å². The van der Waals surface area contributed by atoms with E-state index < -0.39 is 12.1 Å². The van der Waals surface area contributed by atoms with Crippen LogP contribution in [0.5, 0.6) is 5.75 Å². The van der Waals surface area contributed by atoms with Crippen molar-refractivity contribution in [2.75, 3.05) is 11.9 Å². The normalized spacial score (nSPS) is 10.0. The highest BCUT2D eigenvalue weighted by atomic mass is 35.5. The number of aromatic nitrogens is 1. The van der Waals surface area contributed by atoms with Crippen molar-refractivity contribution in [3.8, 4) is 5.75 Å². The van der Waals surface area contributed by atoms with Crippen molar-refractivity contribution in [1.29, 1.82) is 0 Å². The van der Waals surface area contributed by atoms with Gasteiger partial charge in [-0.1, -0.05) is 23.2 Å². The van der Waals surface area contributed by atoms with Gasteiger partial charge in [0.15, 0.2) is 5.69 Å². The second kappa shape index (κ2) is 7.80. The number of benzene rings is 1. The van der Waals surface area contributed by atoms with Gasteiger partial charge >= 0.3 is 12.1 Å². The second-order valence-electron chi connectivity index (χ2n) is 4.22. The first-order valence-electron chi connectivity index (χ1n) is 6.57. The number of nitrogens with zero attached hydrogens (tertiary/aromatic N) is 1. The minimum Gasteiger partial charge on any atom is -0.450 e. The number of carbonyl (C=O) groups is 2. The topological polar surface area (TPSA) is 77.5 Å². The molecule has 0 unspecified atom stereocenters. The Balaban J connectivity index is 2.04. The third-order valence-corrected chi connectivity index (χ3v) is 3.11. The van der Waals surface area contributed by atoms with Crippen LogP contribution in [0.1, 0.15) is 17.4 Å². The SMILES string of the molecule is CCOC(=O)Nc1ccc(OC(=O)c2nc(Cl)ccc2Cl)cc1. The van der Waals surface area contributed by atoms with Gasteiger partial charge in [0, 0.05) is 5.69 Å². The van der Waals surface area contributed by atoms with Crippen LogP contribution in [0, 0.1) is 0 Å². The third kappa shape index (κ3) is 4.84. The molecule has 1 aromatic carbocycles. The maximum Gasteiger partial charge on any atom is 0.411 e. The molecule has 2 aromatic rings. The highest BCUT2D eigenvalue weighted by Crippen LogP contribution is 2.21. The number of anilines is 1.